The van der Waals surface area contributed by atoms with Gasteiger partial charge in [0.15, 0.2) is 0 Å². The number of halogens is 1. The molecule has 1 aromatic heterocycles. The van der Waals surface area contributed by atoms with Crippen LogP contribution in [0, 0.1) is 0 Å². The molecule has 2 rings (SSSR count). The van der Waals surface area contributed by atoms with E-state index >= 15 is 0 Å². The van der Waals surface area contributed by atoms with Gasteiger partial charge in [-0.2, -0.15) is 0 Å². The van der Waals surface area contributed by atoms with Crippen molar-refractivity contribution >= 4 is 23.2 Å². The molecule has 0 aliphatic rings. The van der Waals surface area contributed by atoms with Crippen LogP contribution in [0.15, 0.2) is 42.6 Å². The molecule has 5 heteroatoms. The van der Waals surface area contributed by atoms with Gasteiger partial charge < -0.3 is 10.1 Å². The molecule has 0 atom stereocenters. The van der Waals surface area contributed by atoms with Gasteiger partial charge in [0, 0.05) is 6.20 Å². The number of hydrogen-bond acceptors (Lipinski definition) is 3. The Labute approximate surface area is 110 Å². The monoisotopic (exact) mass is 262 g/mol. The van der Waals surface area contributed by atoms with E-state index in [1.54, 1.807) is 31.4 Å². The van der Waals surface area contributed by atoms with Crippen molar-refractivity contribution in [2.75, 3.05) is 12.4 Å². The molecule has 1 aromatic carbocycles. The third-order valence-electron chi connectivity index (χ3n) is 2.36. The van der Waals surface area contributed by atoms with Crippen LogP contribution >= 0.6 is 11.6 Å². The van der Waals surface area contributed by atoms with E-state index in [1.165, 1.54) is 6.20 Å². The molecule has 1 heterocycles. The Hall–Kier alpha value is -2.07. The third-order valence-corrected chi connectivity index (χ3v) is 2.66. The minimum absolute atomic E-state index is 0.171. The van der Waals surface area contributed by atoms with Crippen LogP contribution in [0.5, 0.6) is 5.75 Å². The average Bonchev–Trinajstić information content (AvgIpc) is 2.39. The Kier molecular flexibility index (Phi) is 3.79. The molecule has 2 aromatic rings. The van der Waals surface area contributed by atoms with E-state index in [4.69, 9.17) is 16.3 Å². The fourth-order valence-corrected chi connectivity index (χ4v) is 1.70. The van der Waals surface area contributed by atoms with E-state index in [0.717, 1.165) is 0 Å². The van der Waals surface area contributed by atoms with Gasteiger partial charge in [-0.15, -0.1) is 0 Å². The number of carbonyl (C=O) groups is 1. The summed E-state index contributed by atoms with van der Waals surface area (Å²) in [7, 11) is 1.54. The highest BCUT2D eigenvalue weighted by atomic mass is 35.5. The Balaban J connectivity index is 2.24. The highest BCUT2D eigenvalue weighted by Crippen LogP contribution is 2.24. The number of para-hydroxylation sites is 2. The second-order valence-corrected chi connectivity index (χ2v) is 3.85. The normalized spacial score (nSPS) is 9.89. The minimum Gasteiger partial charge on any atom is -0.495 e. The molecule has 92 valence electrons. The van der Waals surface area contributed by atoms with Crippen LogP contribution in [0.25, 0.3) is 0 Å². The molecule has 0 bridgehead atoms. The number of methoxy groups -OCH3 is 1. The first kappa shape index (κ1) is 12.4. The molecule has 0 spiro atoms. The summed E-state index contributed by atoms with van der Waals surface area (Å²) in [4.78, 5) is 15.9. The lowest BCUT2D eigenvalue weighted by Crippen LogP contribution is -2.13. The fraction of sp³-hybridized carbons (Fsp3) is 0.0769. The van der Waals surface area contributed by atoms with Crippen molar-refractivity contribution in [1.29, 1.82) is 0 Å². The summed E-state index contributed by atoms with van der Waals surface area (Å²) < 4.78 is 5.15. The lowest BCUT2D eigenvalue weighted by Gasteiger charge is -2.10. The molecule has 1 amide bonds. The zero-order valence-electron chi connectivity index (χ0n) is 9.68. The van der Waals surface area contributed by atoms with Crippen molar-refractivity contribution < 1.29 is 9.53 Å². The highest BCUT2D eigenvalue weighted by molar-refractivity contribution is 6.33. The van der Waals surface area contributed by atoms with Gasteiger partial charge in [-0.25, -0.2) is 4.98 Å². The highest BCUT2D eigenvalue weighted by Gasteiger charge is 2.12. The van der Waals surface area contributed by atoms with E-state index in [0.29, 0.717) is 17.0 Å². The molecule has 0 aliphatic carbocycles. The van der Waals surface area contributed by atoms with Crippen molar-refractivity contribution in [2.24, 2.45) is 0 Å². The predicted octanol–water partition coefficient (Wildman–Crippen LogP) is 3.00. The van der Waals surface area contributed by atoms with E-state index in [2.05, 4.69) is 10.3 Å². The number of benzene rings is 1. The molecule has 18 heavy (non-hydrogen) atoms. The number of aromatic nitrogens is 1. The standard InChI is InChI=1S/C13H11ClN2O2/c1-18-11-7-3-2-6-10(11)16-13(17)9-5-4-8-15-12(9)14/h2-8H,1H3,(H,16,17). The maximum Gasteiger partial charge on any atom is 0.258 e. The Morgan fingerprint density at radius 1 is 1.28 bits per heavy atom. The molecule has 0 aliphatic heterocycles. The summed E-state index contributed by atoms with van der Waals surface area (Å²) in [6.07, 6.45) is 1.53. The maximum atomic E-state index is 12.0. The lowest BCUT2D eigenvalue weighted by atomic mass is 10.2. The van der Waals surface area contributed by atoms with E-state index in [9.17, 15) is 4.79 Å². The van der Waals surface area contributed by atoms with Crippen molar-refractivity contribution in [3.05, 3.63) is 53.3 Å². The number of carbonyl (C=O) groups excluding carboxylic acids is 1. The molecule has 0 unspecified atom stereocenters. The van der Waals surface area contributed by atoms with Gasteiger partial charge in [-0.3, -0.25) is 4.79 Å². The number of amides is 1. The third kappa shape index (κ3) is 2.60. The van der Waals surface area contributed by atoms with Crippen LogP contribution in [0.2, 0.25) is 5.15 Å². The number of pyridine rings is 1. The van der Waals surface area contributed by atoms with E-state index in [-0.39, 0.29) is 11.1 Å². The van der Waals surface area contributed by atoms with Crippen LogP contribution in [0.1, 0.15) is 10.4 Å². The SMILES string of the molecule is COc1ccccc1NC(=O)c1cccnc1Cl. The van der Waals surface area contributed by atoms with E-state index < -0.39 is 0 Å². The Morgan fingerprint density at radius 2 is 2.06 bits per heavy atom. The van der Waals surface area contributed by atoms with Crippen molar-refractivity contribution in [3.8, 4) is 5.75 Å². The van der Waals surface area contributed by atoms with Crippen molar-refractivity contribution in [1.82, 2.24) is 4.98 Å². The van der Waals surface area contributed by atoms with Gasteiger partial charge in [0.1, 0.15) is 10.9 Å². The second-order valence-electron chi connectivity index (χ2n) is 3.50. The van der Waals surface area contributed by atoms with Crippen LogP contribution in [-0.2, 0) is 0 Å². The quantitative estimate of drug-likeness (QED) is 0.865. The average molecular weight is 263 g/mol. The lowest BCUT2D eigenvalue weighted by molar-refractivity contribution is 0.102. The molecule has 0 radical (unpaired) electrons. The number of nitrogens with one attached hydrogen (secondary N) is 1. The number of nitrogens with zero attached hydrogens (tertiary/aromatic N) is 1. The number of anilines is 1. The van der Waals surface area contributed by atoms with Crippen molar-refractivity contribution in [2.45, 2.75) is 0 Å². The first-order valence-corrected chi connectivity index (χ1v) is 5.65. The fourth-order valence-electron chi connectivity index (χ4n) is 1.49. The van der Waals surface area contributed by atoms with Gasteiger partial charge >= 0.3 is 0 Å². The van der Waals surface area contributed by atoms with Crippen LogP contribution in [0.4, 0.5) is 5.69 Å². The first-order chi connectivity index (χ1) is 8.72. The molecular formula is C13H11ClN2O2. The summed E-state index contributed by atoms with van der Waals surface area (Å²) in [5.41, 5.74) is 0.912. The van der Waals surface area contributed by atoms with Gasteiger partial charge in [0.2, 0.25) is 0 Å². The van der Waals surface area contributed by atoms with Gasteiger partial charge in [0.05, 0.1) is 18.4 Å². The van der Waals surface area contributed by atoms with Gasteiger partial charge in [-0.1, -0.05) is 23.7 Å². The number of ether oxygens (including phenoxy) is 1. The predicted molar refractivity (Wildman–Crippen MR) is 70.2 cm³/mol. The largest absolute Gasteiger partial charge is 0.495 e. The zero-order valence-corrected chi connectivity index (χ0v) is 10.4. The Bertz CT molecular complexity index is 572. The summed E-state index contributed by atoms with van der Waals surface area (Å²) >= 11 is 5.86. The topological polar surface area (TPSA) is 51.2 Å². The summed E-state index contributed by atoms with van der Waals surface area (Å²) in [5.74, 6) is 0.267. The van der Waals surface area contributed by atoms with Gasteiger partial charge in [-0.05, 0) is 24.3 Å². The molecule has 0 fully saturated rings. The molecular weight excluding hydrogens is 252 g/mol. The zero-order chi connectivity index (χ0) is 13.0. The molecule has 4 nitrogen and oxygen atoms in total. The molecule has 0 saturated carbocycles. The number of hydrogen-bond donors (Lipinski definition) is 1. The smallest absolute Gasteiger partial charge is 0.258 e. The van der Waals surface area contributed by atoms with Gasteiger partial charge in [0.25, 0.3) is 5.91 Å². The maximum absolute atomic E-state index is 12.0. The summed E-state index contributed by atoms with van der Waals surface area (Å²) in [6, 6.07) is 10.4. The number of rotatable bonds is 3. The van der Waals surface area contributed by atoms with Crippen LogP contribution in [-0.4, -0.2) is 18.0 Å². The minimum atomic E-state index is -0.322. The molecule has 0 saturated heterocycles. The summed E-state index contributed by atoms with van der Waals surface area (Å²) in [6.45, 7) is 0. The molecule has 1 N–H and O–H groups in total. The van der Waals surface area contributed by atoms with Crippen molar-refractivity contribution in [3.63, 3.8) is 0 Å². The van der Waals surface area contributed by atoms with Crippen LogP contribution in [0.3, 0.4) is 0 Å². The summed E-state index contributed by atoms with van der Waals surface area (Å²) in [5, 5.41) is 2.90. The van der Waals surface area contributed by atoms with Crippen LogP contribution < -0.4 is 10.1 Å². The van der Waals surface area contributed by atoms with E-state index in [1.807, 2.05) is 12.1 Å². The first-order valence-electron chi connectivity index (χ1n) is 5.27. The Morgan fingerprint density at radius 3 is 2.78 bits per heavy atom. The second kappa shape index (κ2) is 5.51.